The van der Waals surface area contributed by atoms with E-state index in [1.807, 2.05) is 6.26 Å². The van der Waals surface area contributed by atoms with Crippen LogP contribution in [0.5, 0.6) is 0 Å². The Labute approximate surface area is 153 Å². The Morgan fingerprint density at radius 3 is 2.85 bits per heavy atom. The molecule has 0 fully saturated rings. The van der Waals surface area contributed by atoms with Crippen molar-refractivity contribution in [1.29, 1.82) is 0 Å². The molecular weight excluding hydrogens is 358 g/mol. The van der Waals surface area contributed by atoms with Crippen LogP contribution < -0.4 is 21.9 Å². The Bertz CT molecular complexity index is 907. The molecule has 2 aromatic rings. The number of rotatable bonds is 8. The van der Waals surface area contributed by atoms with Gasteiger partial charge in [-0.2, -0.15) is 11.8 Å². The van der Waals surface area contributed by atoms with Crippen LogP contribution in [0.2, 0.25) is 0 Å². The monoisotopic (exact) mass is 379 g/mol. The highest BCUT2D eigenvalue weighted by Gasteiger charge is 2.18. The Morgan fingerprint density at radius 1 is 1.38 bits per heavy atom. The van der Waals surface area contributed by atoms with Crippen LogP contribution in [0.25, 0.3) is 11.0 Å². The first-order valence-electron chi connectivity index (χ1n) is 8.05. The Balaban J connectivity index is 2.05. The van der Waals surface area contributed by atoms with Crippen molar-refractivity contribution < 1.29 is 9.59 Å². The molecule has 0 radical (unpaired) electrons. The minimum atomic E-state index is -0.643. The number of aromatic amines is 1. The van der Waals surface area contributed by atoms with Gasteiger partial charge in [-0.1, -0.05) is 0 Å². The number of amides is 2. The SMILES string of the molecule is CSCC[C@@H](NC(C)=O)C(=O)NCCn1c(=O)[nH]c2ncccc2c1=O. The van der Waals surface area contributed by atoms with Gasteiger partial charge in [0.25, 0.3) is 5.56 Å². The van der Waals surface area contributed by atoms with Gasteiger partial charge < -0.3 is 10.6 Å². The highest BCUT2D eigenvalue weighted by atomic mass is 32.2. The molecule has 0 saturated heterocycles. The van der Waals surface area contributed by atoms with E-state index in [4.69, 9.17) is 0 Å². The zero-order chi connectivity index (χ0) is 19.1. The molecule has 1 atom stereocenters. The molecular formula is C16H21N5O4S. The second kappa shape index (κ2) is 9.18. The molecule has 0 unspecified atom stereocenters. The standard InChI is InChI=1S/C16H21N5O4S/c1-10(22)19-12(5-9-26-2)14(23)18-7-8-21-15(24)11-4-3-6-17-13(11)20-16(21)25/h3-4,6,12H,5,7-9H2,1-2H3,(H,18,23)(H,19,22)(H,17,20,25)/t12-/m1/s1. The minimum absolute atomic E-state index is 0.0139. The van der Waals surface area contributed by atoms with Crippen molar-refractivity contribution in [3.8, 4) is 0 Å². The van der Waals surface area contributed by atoms with Crippen LogP contribution in [-0.4, -0.2) is 50.9 Å². The molecule has 0 aliphatic carbocycles. The number of carbonyl (C=O) groups excluding carboxylic acids is 2. The van der Waals surface area contributed by atoms with E-state index in [2.05, 4.69) is 20.6 Å². The predicted molar refractivity (Wildman–Crippen MR) is 100 cm³/mol. The molecule has 0 aliphatic rings. The van der Waals surface area contributed by atoms with E-state index in [1.165, 1.54) is 13.1 Å². The normalized spacial score (nSPS) is 11.9. The molecule has 26 heavy (non-hydrogen) atoms. The number of carbonyl (C=O) groups is 2. The van der Waals surface area contributed by atoms with Gasteiger partial charge in [0.05, 0.1) is 5.39 Å². The van der Waals surface area contributed by atoms with E-state index in [-0.39, 0.29) is 30.6 Å². The number of nitrogens with zero attached hydrogens (tertiary/aromatic N) is 2. The Kier molecular flexibility index (Phi) is 6.96. The lowest BCUT2D eigenvalue weighted by Gasteiger charge is -2.17. The largest absolute Gasteiger partial charge is 0.353 e. The summed E-state index contributed by atoms with van der Waals surface area (Å²) < 4.78 is 1.01. The van der Waals surface area contributed by atoms with E-state index >= 15 is 0 Å². The van der Waals surface area contributed by atoms with Crippen molar-refractivity contribution in [2.45, 2.75) is 25.9 Å². The smallest absolute Gasteiger partial charge is 0.330 e. The molecule has 10 heteroatoms. The second-order valence-corrected chi connectivity index (χ2v) is 6.60. The number of thioether (sulfide) groups is 1. The summed E-state index contributed by atoms with van der Waals surface area (Å²) in [7, 11) is 0. The highest BCUT2D eigenvalue weighted by molar-refractivity contribution is 7.98. The van der Waals surface area contributed by atoms with Gasteiger partial charge in [0.15, 0.2) is 0 Å². The molecule has 0 saturated carbocycles. The number of aromatic nitrogens is 3. The number of hydrogen-bond acceptors (Lipinski definition) is 6. The van der Waals surface area contributed by atoms with Gasteiger partial charge in [-0.25, -0.2) is 9.78 Å². The molecule has 2 heterocycles. The lowest BCUT2D eigenvalue weighted by Crippen LogP contribution is -2.48. The van der Waals surface area contributed by atoms with E-state index in [1.54, 1.807) is 23.9 Å². The molecule has 140 valence electrons. The molecule has 0 spiro atoms. The number of nitrogens with one attached hydrogen (secondary N) is 3. The fraction of sp³-hybridized carbons (Fsp3) is 0.438. The number of fused-ring (bicyclic) bond motifs is 1. The summed E-state index contributed by atoms with van der Waals surface area (Å²) in [6.07, 6.45) is 3.89. The van der Waals surface area contributed by atoms with Crippen molar-refractivity contribution in [1.82, 2.24) is 25.2 Å². The van der Waals surface area contributed by atoms with E-state index in [0.717, 1.165) is 10.3 Å². The van der Waals surface area contributed by atoms with Crippen LogP contribution in [0.4, 0.5) is 0 Å². The second-order valence-electron chi connectivity index (χ2n) is 5.61. The van der Waals surface area contributed by atoms with Crippen LogP contribution in [0, 0.1) is 0 Å². The zero-order valence-electron chi connectivity index (χ0n) is 14.6. The number of pyridine rings is 1. The first-order chi connectivity index (χ1) is 12.4. The maximum atomic E-state index is 12.4. The van der Waals surface area contributed by atoms with E-state index in [0.29, 0.717) is 11.8 Å². The predicted octanol–water partition coefficient (Wildman–Crippen LogP) is -0.541. The lowest BCUT2D eigenvalue weighted by molar-refractivity contribution is -0.128. The van der Waals surface area contributed by atoms with Gasteiger partial charge in [-0.3, -0.25) is 23.9 Å². The van der Waals surface area contributed by atoms with Gasteiger partial charge in [0.1, 0.15) is 11.7 Å². The summed E-state index contributed by atoms with van der Waals surface area (Å²) >= 11 is 1.57. The van der Waals surface area contributed by atoms with Crippen LogP contribution in [0.3, 0.4) is 0 Å². The van der Waals surface area contributed by atoms with Gasteiger partial charge >= 0.3 is 5.69 Å². The van der Waals surface area contributed by atoms with Gasteiger partial charge in [-0.05, 0) is 30.6 Å². The molecule has 0 aromatic carbocycles. The maximum Gasteiger partial charge on any atom is 0.330 e. The van der Waals surface area contributed by atoms with Crippen LogP contribution in [0.1, 0.15) is 13.3 Å². The summed E-state index contributed by atoms with van der Waals surface area (Å²) in [6, 6.07) is 2.54. The fourth-order valence-corrected chi connectivity index (χ4v) is 2.92. The summed E-state index contributed by atoms with van der Waals surface area (Å²) in [6.45, 7) is 1.45. The average molecular weight is 379 g/mol. The third kappa shape index (κ3) is 4.94. The van der Waals surface area contributed by atoms with Crippen LogP contribution in [0.15, 0.2) is 27.9 Å². The molecule has 2 amide bonds. The first-order valence-corrected chi connectivity index (χ1v) is 9.45. The number of H-pyrrole nitrogens is 1. The van der Waals surface area contributed by atoms with E-state index in [9.17, 15) is 19.2 Å². The molecule has 9 nitrogen and oxygen atoms in total. The van der Waals surface area contributed by atoms with Crippen molar-refractivity contribution in [2.24, 2.45) is 0 Å². The molecule has 3 N–H and O–H groups in total. The van der Waals surface area contributed by atoms with E-state index < -0.39 is 17.3 Å². The molecule has 2 aromatic heterocycles. The number of hydrogen-bond donors (Lipinski definition) is 3. The Morgan fingerprint density at radius 2 is 2.15 bits per heavy atom. The van der Waals surface area contributed by atoms with Gasteiger partial charge in [-0.15, -0.1) is 0 Å². The van der Waals surface area contributed by atoms with Crippen molar-refractivity contribution in [3.05, 3.63) is 39.2 Å². The van der Waals surface area contributed by atoms with Crippen molar-refractivity contribution >= 4 is 34.6 Å². The molecule has 0 aliphatic heterocycles. The lowest BCUT2D eigenvalue weighted by atomic mass is 10.2. The first kappa shape index (κ1) is 19.7. The van der Waals surface area contributed by atoms with Crippen LogP contribution in [-0.2, 0) is 16.1 Å². The zero-order valence-corrected chi connectivity index (χ0v) is 15.4. The summed E-state index contributed by atoms with van der Waals surface area (Å²) in [5.41, 5.74) is -0.825. The summed E-state index contributed by atoms with van der Waals surface area (Å²) in [4.78, 5) is 54.4. The van der Waals surface area contributed by atoms with Crippen LogP contribution >= 0.6 is 11.8 Å². The third-order valence-corrected chi connectivity index (χ3v) is 4.34. The Hall–Kier alpha value is -2.62. The minimum Gasteiger partial charge on any atom is -0.353 e. The highest BCUT2D eigenvalue weighted by Crippen LogP contribution is 2.01. The third-order valence-electron chi connectivity index (χ3n) is 3.69. The molecule has 0 bridgehead atoms. The summed E-state index contributed by atoms with van der Waals surface area (Å²) in [5.74, 6) is 0.0805. The molecule has 2 rings (SSSR count). The van der Waals surface area contributed by atoms with Crippen molar-refractivity contribution in [2.75, 3.05) is 18.6 Å². The average Bonchev–Trinajstić information content (AvgIpc) is 2.60. The van der Waals surface area contributed by atoms with Crippen molar-refractivity contribution in [3.63, 3.8) is 0 Å². The topological polar surface area (TPSA) is 126 Å². The van der Waals surface area contributed by atoms with Gasteiger partial charge in [0, 0.05) is 26.2 Å². The maximum absolute atomic E-state index is 12.4. The summed E-state index contributed by atoms with van der Waals surface area (Å²) in [5, 5.41) is 5.56. The van der Waals surface area contributed by atoms with Gasteiger partial charge in [0.2, 0.25) is 11.8 Å². The fourth-order valence-electron chi connectivity index (χ4n) is 2.45. The quantitative estimate of drug-likeness (QED) is 0.565.